The molecule has 1 aliphatic heterocycles. The molecule has 0 fully saturated rings. The molecule has 1 heterocycles. The van der Waals surface area contributed by atoms with Crippen LogP contribution in [0, 0.1) is 11.3 Å². The van der Waals surface area contributed by atoms with Crippen molar-refractivity contribution in [2.45, 2.75) is 12.8 Å². The first-order valence-corrected chi connectivity index (χ1v) is 6.07. The van der Waals surface area contributed by atoms with E-state index < -0.39 is 0 Å². The number of amides is 1. The first kappa shape index (κ1) is 13.0. The van der Waals surface area contributed by atoms with E-state index in [0.29, 0.717) is 24.2 Å². The lowest BCUT2D eigenvalue weighted by atomic mass is 10.1. The van der Waals surface area contributed by atoms with E-state index in [9.17, 15) is 4.79 Å². The standard InChI is InChI=1S/C14H15N3O2/c1-19-12-6-4-11(5-7-12)17-13-10(9-15)3-2-8-16-14(13)18/h4-7,17H,2-3,8H2,1H3,(H,16,18). The van der Waals surface area contributed by atoms with Gasteiger partial charge in [0.2, 0.25) is 0 Å². The molecule has 1 aromatic carbocycles. The number of carbonyl (C=O) groups is 1. The third kappa shape index (κ3) is 3.05. The van der Waals surface area contributed by atoms with Gasteiger partial charge in [0.05, 0.1) is 18.8 Å². The quantitative estimate of drug-likeness (QED) is 0.865. The molecule has 2 N–H and O–H groups in total. The number of allylic oxidation sites excluding steroid dienone is 1. The molecule has 0 saturated carbocycles. The average molecular weight is 257 g/mol. The van der Waals surface area contributed by atoms with E-state index in [1.165, 1.54) is 0 Å². The van der Waals surface area contributed by atoms with Crippen LogP contribution in [0.5, 0.6) is 5.75 Å². The molecule has 5 nitrogen and oxygen atoms in total. The predicted octanol–water partition coefficient (Wildman–Crippen LogP) is 1.79. The molecule has 19 heavy (non-hydrogen) atoms. The van der Waals surface area contributed by atoms with Gasteiger partial charge >= 0.3 is 0 Å². The maximum atomic E-state index is 11.9. The molecular formula is C14H15N3O2. The molecule has 0 saturated heterocycles. The molecule has 2 rings (SSSR count). The lowest BCUT2D eigenvalue weighted by Crippen LogP contribution is -2.27. The van der Waals surface area contributed by atoms with Crippen molar-refractivity contribution in [1.82, 2.24) is 5.32 Å². The summed E-state index contributed by atoms with van der Waals surface area (Å²) in [5.41, 5.74) is 1.58. The van der Waals surface area contributed by atoms with Crippen LogP contribution in [0.4, 0.5) is 5.69 Å². The Bertz CT molecular complexity index is 541. The predicted molar refractivity (Wildman–Crippen MR) is 71.5 cm³/mol. The second-order valence-electron chi connectivity index (χ2n) is 4.18. The smallest absolute Gasteiger partial charge is 0.268 e. The summed E-state index contributed by atoms with van der Waals surface area (Å²) in [5.74, 6) is 0.509. The largest absolute Gasteiger partial charge is 0.497 e. The molecule has 1 aliphatic rings. The van der Waals surface area contributed by atoms with Crippen LogP contribution in [0.3, 0.4) is 0 Å². The number of ether oxygens (including phenoxy) is 1. The Labute approximate surface area is 111 Å². The number of nitriles is 1. The Morgan fingerprint density at radius 2 is 2.11 bits per heavy atom. The fourth-order valence-electron chi connectivity index (χ4n) is 1.88. The third-order valence-corrected chi connectivity index (χ3v) is 2.91. The molecule has 0 atom stereocenters. The van der Waals surface area contributed by atoms with E-state index >= 15 is 0 Å². The van der Waals surface area contributed by atoms with Crippen molar-refractivity contribution in [3.05, 3.63) is 35.5 Å². The van der Waals surface area contributed by atoms with Gasteiger partial charge in [0.15, 0.2) is 0 Å². The highest BCUT2D eigenvalue weighted by molar-refractivity contribution is 5.98. The third-order valence-electron chi connectivity index (χ3n) is 2.91. The highest BCUT2D eigenvalue weighted by atomic mass is 16.5. The van der Waals surface area contributed by atoms with Crippen LogP contribution in [0.15, 0.2) is 35.5 Å². The maximum absolute atomic E-state index is 11.9. The van der Waals surface area contributed by atoms with Gasteiger partial charge in [0, 0.05) is 12.2 Å². The Balaban J connectivity index is 2.25. The zero-order valence-corrected chi connectivity index (χ0v) is 10.7. The maximum Gasteiger partial charge on any atom is 0.268 e. The van der Waals surface area contributed by atoms with Crippen LogP contribution >= 0.6 is 0 Å². The van der Waals surface area contributed by atoms with E-state index in [2.05, 4.69) is 16.7 Å². The molecule has 0 bridgehead atoms. The van der Waals surface area contributed by atoms with Crippen molar-refractivity contribution < 1.29 is 9.53 Å². The van der Waals surface area contributed by atoms with Gasteiger partial charge in [0.1, 0.15) is 11.4 Å². The summed E-state index contributed by atoms with van der Waals surface area (Å²) in [7, 11) is 1.59. The number of nitrogens with one attached hydrogen (secondary N) is 2. The summed E-state index contributed by atoms with van der Waals surface area (Å²) < 4.78 is 5.07. The van der Waals surface area contributed by atoms with Crippen molar-refractivity contribution >= 4 is 11.6 Å². The molecular weight excluding hydrogens is 242 g/mol. The SMILES string of the molecule is COc1ccc(NC2=C(C#N)CCCNC2=O)cc1. The van der Waals surface area contributed by atoms with E-state index in [0.717, 1.165) is 17.9 Å². The highest BCUT2D eigenvalue weighted by Crippen LogP contribution is 2.20. The van der Waals surface area contributed by atoms with Crippen LogP contribution < -0.4 is 15.4 Å². The zero-order chi connectivity index (χ0) is 13.7. The molecule has 0 spiro atoms. The van der Waals surface area contributed by atoms with Gasteiger partial charge in [-0.2, -0.15) is 5.26 Å². The Kier molecular flexibility index (Phi) is 4.04. The van der Waals surface area contributed by atoms with Crippen LogP contribution in [0.25, 0.3) is 0 Å². The number of rotatable bonds is 3. The van der Waals surface area contributed by atoms with Crippen molar-refractivity contribution in [2.24, 2.45) is 0 Å². The van der Waals surface area contributed by atoms with Gasteiger partial charge in [-0.1, -0.05) is 0 Å². The van der Waals surface area contributed by atoms with Crippen molar-refractivity contribution in [2.75, 3.05) is 19.0 Å². The molecule has 1 aromatic rings. The molecule has 0 unspecified atom stereocenters. The van der Waals surface area contributed by atoms with Crippen molar-refractivity contribution in [3.8, 4) is 11.8 Å². The molecule has 5 heteroatoms. The van der Waals surface area contributed by atoms with Gasteiger partial charge < -0.3 is 15.4 Å². The molecule has 0 aliphatic carbocycles. The second kappa shape index (κ2) is 5.91. The van der Waals surface area contributed by atoms with Gasteiger partial charge in [-0.15, -0.1) is 0 Å². The summed E-state index contributed by atoms with van der Waals surface area (Å²) in [4.78, 5) is 11.9. The fraction of sp³-hybridized carbons (Fsp3) is 0.286. The summed E-state index contributed by atoms with van der Waals surface area (Å²) in [6.07, 6.45) is 1.39. The minimum atomic E-state index is -0.232. The number of anilines is 1. The number of hydrogen-bond donors (Lipinski definition) is 2. The summed E-state index contributed by atoms with van der Waals surface area (Å²) in [5, 5.41) is 14.9. The number of nitrogens with zero attached hydrogens (tertiary/aromatic N) is 1. The summed E-state index contributed by atoms with van der Waals surface area (Å²) in [6, 6.07) is 9.30. The minimum Gasteiger partial charge on any atom is -0.497 e. The number of methoxy groups -OCH3 is 1. The van der Waals surface area contributed by atoms with E-state index in [1.807, 2.05) is 0 Å². The van der Waals surface area contributed by atoms with Gasteiger partial charge in [-0.3, -0.25) is 4.79 Å². The highest BCUT2D eigenvalue weighted by Gasteiger charge is 2.18. The van der Waals surface area contributed by atoms with Gasteiger partial charge in [-0.05, 0) is 37.1 Å². The van der Waals surface area contributed by atoms with E-state index in [4.69, 9.17) is 10.00 Å². The normalized spacial score (nSPS) is 15.3. The second-order valence-corrected chi connectivity index (χ2v) is 4.18. The fourth-order valence-corrected chi connectivity index (χ4v) is 1.88. The molecule has 98 valence electrons. The van der Waals surface area contributed by atoms with E-state index in [1.54, 1.807) is 31.4 Å². The van der Waals surface area contributed by atoms with Crippen LogP contribution in [-0.4, -0.2) is 19.6 Å². The molecule has 1 amide bonds. The lowest BCUT2D eigenvalue weighted by Gasteiger charge is -2.11. The first-order valence-electron chi connectivity index (χ1n) is 6.07. The molecule has 0 radical (unpaired) electrons. The Morgan fingerprint density at radius 3 is 2.74 bits per heavy atom. The average Bonchev–Trinajstić information content (AvgIpc) is 2.62. The van der Waals surface area contributed by atoms with Crippen molar-refractivity contribution in [3.63, 3.8) is 0 Å². The molecule has 0 aromatic heterocycles. The van der Waals surface area contributed by atoms with Crippen LogP contribution in [0.2, 0.25) is 0 Å². The number of hydrogen-bond acceptors (Lipinski definition) is 4. The topological polar surface area (TPSA) is 74.2 Å². The lowest BCUT2D eigenvalue weighted by molar-refractivity contribution is -0.117. The number of carbonyl (C=O) groups excluding carboxylic acids is 1. The number of benzene rings is 1. The summed E-state index contributed by atoms with van der Waals surface area (Å²) in [6.45, 7) is 0.595. The van der Waals surface area contributed by atoms with Crippen LogP contribution in [-0.2, 0) is 4.79 Å². The van der Waals surface area contributed by atoms with Crippen molar-refractivity contribution in [1.29, 1.82) is 5.26 Å². The van der Waals surface area contributed by atoms with Crippen LogP contribution in [0.1, 0.15) is 12.8 Å². The first-order chi connectivity index (χ1) is 9.24. The Hall–Kier alpha value is -2.48. The Morgan fingerprint density at radius 1 is 1.37 bits per heavy atom. The minimum absolute atomic E-state index is 0.232. The zero-order valence-electron chi connectivity index (χ0n) is 10.7. The van der Waals surface area contributed by atoms with Gasteiger partial charge in [-0.25, -0.2) is 0 Å². The van der Waals surface area contributed by atoms with Gasteiger partial charge in [0.25, 0.3) is 5.91 Å². The monoisotopic (exact) mass is 257 g/mol. The summed E-state index contributed by atoms with van der Waals surface area (Å²) >= 11 is 0. The van der Waals surface area contributed by atoms with E-state index in [-0.39, 0.29) is 5.91 Å².